The Bertz CT molecular complexity index is 930. The van der Waals surface area contributed by atoms with Crippen LogP contribution in [-0.2, 0) is 0 Å². The number of rotatable bonds is 7. The Hall–Kier alpha value is -3.05. The molecule has 0 radical (unpaired) electrons. The molecule has 0 bridgehead atoms. The van der Waals surface area contributed by atoms with Gasteiger partial charge >= 0.3 is 0 Å². The molecule has 5 nitrogen and oxygen atoms in total. The highest BCUT2D eigenvalue weighted by Crippen LogP contribution is 2.26. The summed E-state index contributed by atoms with van der Waals surface area (Å²) in [6.45, 7) is 7.11. The van der Waals surface area contributed by atoms with E-state index in [4.69, 9.17) is 10.5 Å². The largest absolute Gasteiger partial charge is 0.492 e. The molecule has 146 valence electrons. The second kappa shape index (κ2) is 8.76. The van der Waals surface area contributed by atoms with E-state index in [9.17, 15) is 4.79 Å². The number of nitrogens with two attached hydrogens (primary N) is 1. The van der Waals surface area contributed by atoms with Crippen LogP contribution >= 0.6 is 0 Å². The molecule has 0 aliphatic rings. The van der Waals surface area contributed by atoms with Gasteiger partial charge in [-0.2, -0.15) is 0 Å². The van der Waals surface area contributed by atoms with Crippen LogP contribution in [0.2, 0.25) is 0 Å². The summed E-state index contributed by atoms with van der Waals surface area (Å²) in [4.78, 5) is 12.8. The summed E-state index contributed by atoms with van der Waals surface area (Å²) in [6, 6.07) is 19.7. The molecule has 28 heavy (non-hydrogen) atoms. The van der Waals surface area contributed by atoms with Gasteiger partial charge in [0, 0.05) is 23.6 Å². The van der Waals surface area contributed by atoms with E-state index in [1.807, 2.05) is 62.4 Å². The van der Waals surface area contributed by atoms with Crippen molar-refractivity contribution in [3.05, 3.63) is 83.2 Å². The molecule has 1 amide bonds. The van der Waals surface area contributed by atoms with Gasteiger partial charge in [0.25, 0.3) is 5.91 Å². The van der Waals surface area contributed by atoms with Crippen LogP contribution < -0.4 is 15.8 Å². The summed E-state index contributed by atoms with van der Waals surface area (Å²) in [5, 5.41) is 2.97. The number of nitrogens with one attached hydrogen (secondary N) is 1. The number of aryl methyl sites for hydroxylation is 1. The number of anilines is 1. The molecule has 3 aromatic rings. The molecule has 0 saturated carbocycles. The second-order valence-corrected chi connectivity index (χ2v) is 6.86. The van der Waals surface area contributed by atoms with E-state index in [1.165, 1.54) is 5.56 Å². The average molecular weight is 377 g/mol. The van der Waals surface area contributed by atoms with E-state index >= 15 is 0 Å². The lowest BCUT2D eigenvalue weighted by Gasteiger charge is -2.19. The summed E-state index contributed by atoms with van der Waals surface area (Å²) in [5.41, 5.74) is 10.1. The molecule has 0 aliphatic heterocycles. The van der Waals surface area contributed by atoms with E-state index < -0.39 is 0 Å². The Balaban J connectivity index is 1.77. The normalized spacial score (nSPS) is 11.9. The molecule has 0 saturated heterocycles. The lowest BCUT2D eigenvalue weighted by atomic mass is 10.1. The first kappa shape index (κ1) is 19.7. The van der Waals surface area contributed by atoms with Gasteiger partial charge in [0.15, 0.2) is 0 Å². The Morgan fingerprint density at radius 2 is 1.79 bits per heavy atom. The van der Waals surface area contributed by atoms with Crippen molar-refractivity contribution in [1.82, 2.24) is 4.57 Å². The highest BCUT2D eigenvalue weighted by Gasteiger charge is 2.19. The quantitative estimate of drug-likeness (QED) is 0.645. The average Bonchev–Trinajstić information content (AvgIpc) is 3.01. The monoisotopic (exact) mass is 377 g/mol. The molecule has 1 aromatic heterocycles. The van der Waals surface area contributed by atoms with Crippen LogP contribution in [0.5, 0.6) is 5.75 Å². The van der Waals surface area contributed by atoms with Crippen molar-refractivity contribution in [1.29, 1.82) is 0 Å². The van der Waals surface area contributed by atoms with Crippen molar-refractivity contribution in [2.45, 2.75) is 26.8 Å². The van der Waals surface area contributed by atoms with Gasteiger partial charge in [-0.15, -0.1) is 0 Å². The van der Waals surface area contributed by atoms with Crippen molar-refractivity contribution < 1.29 is 9.53 Å². The van der Waals surface area contributed by atoms with Crippen LogP contribution in [-0.4, -0.2) is 23.6 Å². The number of benzene rings is 2. The summed E-state index contributed by atoms with van der Waals surface area (Å²) in [7, 11) is 0. The fourth-order valence-corrected chi connectivity index (χ4v) is 3.49. The minimum absolute atomic E-state index is 0.116. The lowest BCUT2D eigenvalue weighted by molar-refractivity contribution is 0.102. The van der Waals surface area contributed by atoms with Gasteiger partial charge in [-0.05, 0) is 56.7 Å². The molecule has 5 heteroatoms. The molecule has 2 aromatic carbocycles. The van der Waals surface area contributed by atoms with Crippen LogP contribution in [0.3, 0.4) is 0 Å². The molecular formula is C23H27N3O2. The van der Waals surface area contributed by atoms with Gasteiger partial charge in [0.1, 0.15) is 12.4 Å². The standard InChI is InChI=1S/C23H27N3O2/c1-16-15-22(18(3)26(16)17(2)19-7-5-4-6-8-19)23(27)25-20-9-11-21(12-10-20)28-14-13-24/h4-12,15,17H,13-14,24H2,1-3H3,(H,25,27). The van der Waals surface area contributed by atoms with Gasteiger partial charge < -0.3 is 20.4 Å². The van der Waals surface area contributed by atoms with E-state index in [0.29, 0.717) is 18.7 Å². The highest BCUT2D eigenvalue weighted by molar-refractivity contribution is 6.05. The number of carbonyl (C=O) groups is 1. The predicted octanol–water partition coefficient (Wildman–Crippen LogP) is 4.30. The SMILES string of the molecule is Cc1cc(C(=O)Nc2ccc(OCCN)cc2)c(C)n1C(C)c1ccccc1. The minimum atomic E-state index is -0.116. The zero-order valence-corrected chi connectivity index (χ0v) is 16.6. The van der Waals surface area contributed by atoms with Gasteiger partial charge in [0.2, 0.25) is 0 Å². The lowest BCUT2D eigenvalue weighted by Crippen LogP contribution is -2.15. The molecule has 3 rings (SSSR count). The number of nitrogens with zero attached hydrogens (tertiary/aromatic N) is 1. The van der Waals surface area contributed by atoms with E-state index in [1.54, 1.807) is 0 Å². The smallest absolute Gasteiger partial charge is 0.257 e. The number of aromatic nitrogens is 1. The predicted molar refractivity (Wildman–Crippen MR) is 113 cm³/mol. The Labute approximate surface area is 166 Å². The molecule has 0 spiro atoms. The third kappa shape index (κ3) is 4.26. The van der Waals surface area contributed by atoms with E-state index in [2.05, 4.69) is 28.9 Å². The number of hydrogen-bond donors (Lipinski definition) is 2. The first-order valence-corrected chi connectivity index (χ1v) is 9.49. The second-order valence-electron chi connectivity index (χ2n) is 6.86. The molecule has 1 heterocycles. The maximum absolute atomic E-state index is 12.8. The first-order valence-electron chi connectivity index (χ1n) is 9.49. The molecule has 1 unspecified atom stereocenters. The van der Waals surface area contributed by atoms with Crippen molar-refractivity contribution in [3.8, 4) is 5.75 Å². The molecule has 0 fully saturated rings. The number of carbonyl (C=O) groups excluding carboxylic acids is 1. The minimum Gasteiger partial charge on any atom is -0.492 e. The third-order valence-electron chi connectivity index (χ3n) is 4.90. The van der Waals surface area contributed by atoms with Crippen LogP contribution in [0.4, 0.5) is 5.69 Å². The fraction of sp³-hybridized carbons (Fsp3) is 0.261. The van der Waals surface area contributed by atoms with Crippen LogP contribution in [0, 0.1) is 13.8 Å². The zero-order chi connectivity index (χ0) is 20.1. The molecule has 1 atom stereocenters. The van der Waals surface area contributed by atoms with Crippen molar-refractivity contribution in [3.63, 3.8) is 0 Å². The molecule has 3 N–H and O–H groups in total. The summed E-state index contributed by atoms with van der Waals surface area (Å²) in [6.07, 6.45) is 0. The van der Waals surface area contributed by atoms with Gasteiger partial charge in [-0.3, -0.25) is 4.79 Å². The molecular weight excluding hydrogens is 350 g/mol. The summed E-state index contributed by atoms with van der Waals surface area (Å²) < 4.78 is 7.67. The van der Waals surface area contributed by atoms with Gasteiger partial charge in [0.05, 0.1) is 11.6 Å². The third-order valence-corrected chi connectivity index (χ3v) is 4.90. The van der Waals surface area contributed by atoms with Crippen LogP contribution in [0.15, 0.2) is 60.7 Å². The van der Waals surface area contributed by atoms with Gasteiger partial charge in [-0.25, -0.2) is 0 Å². The zero-order valence-electron chi connectivity index (χ0n) is 16.6. The van der Waals surface area contributed by atoms with E-state index in [-0.39, 0.29) is 11.9 Å². The van der Waals surface area contributed by atoms with Gasteiger partial charge in [-0.1, -0.05) is 30.3 Å². The van der Waals surface area contributed by atoms with Crippen LogP contribution in [0.25, 0.3) is 0 Å². The number of ether oxygens (including phenoxy) is 1. The van der Waals surface area contributed by atoms with E-state index in [0.717, 1.165) is 22.8 Å². The summed E-state index contributed by atoms with van der Waals surface area (Å²) in [5.74, 6) is 0.619. The summed E-state index contributed by atoms with van der Waals surface area (Å²) >= 11 is 0. The topological polar surface area (TPSA) is 69.3 Å². The Morgan fingerprint density at radius 3 is 2.43 bits per heavy atom. The van der Waals surface area contributed by atoms with Crippen molar-refractivity contribution in [2.75, 3.05) is 18.5 Å². The fourth-order valence-electron chi connectivity index (χ4n) is 3.49. The Morgan fingerprint density at radius 1 is 1.11 bits per heavy atom. The Kier molecular flexibility index (Phi) is 6.16. The van der Waals surface area contributed by atoms with Crippen molar-refractivity contribution >= 4 is 11.6 Å². The number of hydrogen-bond acceptors (Lipinski definition) is 3. The molecule has 0 aliphatic carbocycles. The van der Waals surface area contributed by atoms with Crippen molar-refractivity contribution in [2.24, 2.45) is 5.73 Å². The maximum atomic E-state index is 12.8. The maximum Gasteiger partial charge on any atom is 0.257 e. The number of amides is 1. The van der Waals surface area contributed by atoms with Crippen LogP contribution in [0.1, 0.15) is 40.3 Å². The first-order chi connectivity index (χ1) is 13.5. The highest BCUT2D eigenvalue weighted by atomic mass is 16.5.